The first-order valence-electron chi connectivity index (χ1n) is 6.16. The molecule has 0 saturated carbocycles. The van der Waals surface area contributed by atoms with Crippen LogP contribution in [0.2, 0.25) is 0 Å². The van der Waals surface area contributed by atoms with E-state index in [1.54, 1.807) is 6.07 Å². The van der Waals surface area contributed by atoms with Crippen LogP contribution in [0.1, 0.15) is 18.9 Å². The summed E-state index contributed by atoms with van der Waals surface area (Å²) >= 11 is 0. The van der Waals surface area contributed by atoms with E-state index in [0.29, 0.717) is 12.1 Å². The molecule has 0 unspecified atom stereocenters. The molecule has 0 aliphatic carbocycles. The summed E-state index contributed by atoms with van der Waals surface area (Å²) in [5, 5.41) is 9.43. The Morgan fingerprint density at radius 2 is 2.05 bits per heavy atom. The first kappa shape index (κ1) is 14.4. The van der Waals surface area contributed by atoms with Crippen LogP contribution in [0, 0.1) is 0 Å². The summed E-state index contributed by atoms with van der Waals surface area (Å²) in [6, 6.07) is 1.61. The second-order valence-corrected chi connectivity index (χ2v) is 5.70. The Bertz CT molecular complexity index is 640. The highest BCUT2D eigenvalue weighted by Crippen LogP contribution is 2.14. The topological polar surface area (TPSA) is 113 Å². The van der Waals surface area contributed by atoms with Gasteiger partial charge in [-0.05, 0) is 19.0 Å². The van der Waals surface area contributed by atoms with E-state index in [1.807, 2.05) is 6.92 Å². The quantitative estimate of drug-likeness (QED) is 0.641. The van der Waals surface area contributed by atoms with Crippen molar-refractivity contribution in [1.82, 2.24) is 25.5 Å². The van der Waals surface area contributed by atoms with E-state index >= 15 is 0 Å². The second kappa shape index (κ2) is 6.44. The SMILES string of the molecule is CCCNCc1cn[nH]c1S(=O)(=O)Nc1ncccn1. The molecule has 0 aliphatic heterocycles. The van der Waals surface area contributed by atoms with Crippen LogP contribution in [0.15, 0.2) is 29.7 Å². The molecule has 0 radical (unpaired) electrons. The molecule has 8 nitrogen and oxygen atoms in total. The molecule has 0 fully saturated rings. The van der Waals surface area contributed by atoms with Gasteiger partial charge < -0.3 is 5.32 Å². The minimum Gasteiger partial charge on any atom is -0.313 e. The van der Waals surface area contributed by atoms with Crippen molar-refractivity contribution < 1.29 is 8.42 Å². The fourth-order valence-electron chi connectivity index (χ4n) is 1.58. The summed E-state index contributed by atoms with van der Waals surface area (Å²) < 4.78 is 26.8. The zero-order valence-corrected chi connectivity index (χ0v) is 11.8. The Labute approximate surface area is 117 Å². The fourth-order valence-corrected chi connectivity index (χ4v) is 2.67. The van der Waals surface area contributed by atoms with Gasteiger partial charge in [-0.3, -0.25) is 5.10 Å². The molecule has 3 N–H and O–H groups in total. The highest BCUT2D eigenvalue weighted by atomic mass is 32.2. The number of hydrogen-bond donors (Lipinski definition) is 3. The van der Waals surface area contributed by atoms with E-state index in [2.05, 4.69) is 30.2 Å². The van der Waals surface area contributed by atoms with Crippen molar-refractivity contribution in [3.63, 3.8) is 0 Å². The largest absolute Gasteiger partial charge is 0.313 e. The highest BCUT2D eigenvalue weighted by molar-refractivity contribution is 7.92. The molecule has 2 heterocycles. The molecule has 0 saturated heterocycles. The Kier molecular flexibility index (Phi) is 4.64. The molecule has 20 heavy (non-hydrogen) atoms. The number of anilines is 1. The summed E-state index contributed by atoms with van der Waals surface area (Å²) in [7, 11) is -3.77. The average Bonchev–Trinajstić information content (AvgIpc) is 2.89. The van der Waals surface area contributed by atoms with Gasteiger partial charge >= 0.3 is 0 Å². The highest BCUT2D eigenvalue weighted by Gasteiger charge is 2.21. The van der Waals surface area contributed by atoms with Crippen molar-refractivity contribution in [3.05, 3.63) is 30.2 Å². The summed E-state index contributed by atoms with van der Waals surface area (Å²) in [4.78, 5) is 7.66. The normalized spacial score (nSPS) is 11.4. The fraction of sp³-hybridized carbons (Fsp3) is 0.364. The van der Waals surface area contributed by atoms with Crippen molar-refractivity contribution in [1.29, 1.82) is 0 Å². The molecule has 0 aliphatic rings. The number of hydrogen-bond acceptors (Lipinski definition) is 6. The van der Waals surface area contributed by atoms with Gasteiger partial charge in [0.1, 0.15) is 0 Å². The van der Waals surface area contributed by atoms with Crippen LogP contribution in [0.4, 0.5) is 5.95 Å². The summed E-state index contributed by atoms with van der Waals surface area (Å²) in [6.07, 6.45) is 5.38. The zero-order chi connectivity index (χ0) is 14.4. The number of nitrogens with one attached hydrogen (secondary N) is 3. The Hall–Kier alpha value is -2.00. The lowest BCUT2D eigenvalue weighted by Gasteiger charge is -2.07. The predicted octanol–water partition coefficient (Wildman–Crippen LogP) is 0.500. The van der Waals surface area contributed by atoms with Crippen molar-refractivity contribution in [2.75, 3.05) is 11.3 Å². The number of aromatic nitrogens is 4. The first-order chi connectivity index (χ1) is 9.63. The molecule has 2 aromatic heterocycles. The molecule has 0 bridgehead atoms. The molecule has 0 amide bonds. The number of nitrogens with zero attached hydrogens (tertiary/aromatic N) is 3. The molecular formula is C11H16N6O2S. The molecular weight excluding hydrogens is 280 g/mol. The lowest BCUT2D eigenvalue weighted by Crippen LogP contribution is -2.20. The molecule has 2 aromatic rings. The third kappa shape index (κ3) is 3.52. The van der Waals surface area contributed by atoms with Gasteiger partial charge in [-0.1, -0.05) is 6.92 Å². The van der Waals surface area contributed by atoms with E-state index in [4.69, 9.17) is 0 Å². The van der Waals surface area contributed by atoms with Crippen LogP contribution >= 0.6 is 0 Å². The Morgan fingerprint density at radius 3 is 2.75 bits per heavy atom. The van der Waals surface area contributed by atoms with Crippen LogP contribution < -0.4 is 10.0 Å². The summed E-state index contributed by atoms with van der Waals surface area (Å²) in [5.41, 5.74) is 0.571. The molecule has 9 heteroatoms. The smallest absolute Gasteiger partial charge is 0.281 e. The number of sulfonamides is 1. The van der Waals surface area contributed by atoms with Crippen molar-refractivity contribution >= 4 is 16.0 Å². The second-order valence-electron chi connectivity index (χ2n) is 4.08. The van der Waals surface area contributed by atoms with Gasteiger partial charge in [0.05, 0.1) is 6.20 Å². The van der Waals surface area contributed by atoms with E-state index < -0.39 is 10.0 Å². The Balaban J connectivity index is 2.15. The van der Waals surface area contributed by atoms with Crippen molar-refractivity contribution in [3.8, 4) is 0 Å². The summed E-state index contributed by atoms with van der Waals surface area (Å²) in [5.74, 6) is 0.0227. The van der Waals surface area contributed by atoms with Crippen LogP contribution in [0.25, 0.3) is 0 Å². The minimum absolute atomic E-state index is 0.0218. The molecule has 0 spiro atoms. The maximum Gasteiger partial charge on any atom is 0.281 e. The van der Waals surface area contributed by atoms with Gasteiger partial charge in [-0.2, -0.15) is 13.5 Å². The lowest BCUT2D eigenvalue weighted by atomic mass is 10.3. The number of aromatic amines is 1. The minimum atomic E-state index is -3.77. The van der Waals surface area contributed by atoms with Gasteiger partial charge in [0.25, 0.3) is 10.0 Å². The molecule has 0 atom stereocenters. The van der Waals surface area contributed by atoms with Crippen LogP contribution in [-0.4, -0.2) is 35.1 Å². The zero-order valence-electron chi connectivity index (χ0n) is 11.0. The molecule has 108 valence electrons. The van der Waals surface area contributed by atoms with E-state index in [0.717, 1.165) is 13.0 Å². The third-order valence-electron chi connectivity index (χ3n) is 2.48. The van der Waals surface area contributed by atoms with Crippen molar-refractivity contribution in [2.45, 2.75) is 24.9 Å². The molecule has 2 rings (SSSR count). The summed E-state index contributed by atoms with van der Waals surface area (Å²) in [6.45, 7) is 3.27. The maximum atomic E-state index is 12.2. The average molecular weight is 296 g/mol. The standard InChI is InChI=1S/C11H16N6O2S/c1-2-4-12-7-9-8-15-16-10(9)20(18,19)17-11-13-5-3-6-14-11/h3,5-6,8,12H,2,4,7H2,1H3,(H,15,16)(H,13,14,17). The van der Waals surface area contributed by atoms with Gasteiger partial charge in [0.2, 0.25) is 5.95 Å². The maximum absolute atomic E-state index is 12.2. The molecule has 0 aromatic carbocycles. The lowest BCUT2D eigenvalue weighted by molar-refractivity contribution is 0.593. The van der Waals surface area contributed by atoms with Crippen molar-refractivity contribution in [2.24, 2.45) is 0 Å². The van der Waals surface area contributed by atoms with E-state index in [-0.39, 0.29) is 11.0 Å². The predicted molar refractivity (Wildman–Crippen MR) is 73.4 cm³/mol. The first-order valence-corrected chi connectivity index (χ1v) is 7.64. The third-order valence-corrected chi connectivity index (χ3v) is 3.82. The van der Waals surface area contributed by atoms with Crippen LogP contribution in [0.5, 0.6) is 0 Å². The van der Waals surface area contributed by atoms with Crippen LogP contribution in [0.3, 0.4) is 0 Å². The van der Waals surface area contributed by atoms with Gasteiger partial charge in [0, 0.05) is 24.5 Å². The number of H-pyrrole nitrogens is 1. The monoisotopic (exact) mass is 296 g/mol. The van der Waals surface area contributed by atoms with Gasteiger partial charge in [0.15, 0.2) is 5.03 Å². The van der Waals surface area contributed by atoms with E-state index in [1.165, 1.54) is 18.6 Å². The van der Waals surface area contributed by atoms with Crippen LogP contribution in [-0.2, 0) is 16.6 Å². The van der Waals surface area contributed by atoms with E-state index in [9.17, 15) is 8.42 Å². The van der Waals surface area contributed by atoms with Gasteiger partial charge in [-0.15, -0.1) is 0 Å². The Morgan fingerprint density at radius 1 is 1.30 bits per heavy atom. The number of rotatable bonds is 7. The van der Waals surface area contributed by atoms with Gasteiger partial charge in [-0.25, -0.2) is 14.7 Å².